The van der Waals surface area contributed by atoms with Gasteiger partial charge >= 0.3 is 0 Å². The zero-order valence-corrected chi connectivity index (χ0v) is 11.8. The molecule has 0 aliphatic rings. The third kappa shape index (κ3) is 3.48. The van der Waals surface area contributed by atoms with Gasteiger partial charge in [-0.05, 0) is 23.8 Å². The number of rotatable bonds is 4. The predicted molar refractivity (Wildman–Crippen MR) is 79.8 cm³/mol. The third-order valence-corrected chi connectivity index (χ3v) is 3.07. The SMILES string of the molecule is CNC(=O)c1cc(NC(=O)C(O)c2ccccc2)ccc1F. The fourth-order valence-corrected chi connectivity index (χ4v) is 1.91. The van der Waals surface area contributed by atoms with E-state index in [0.29, 0.717) is 5.56 Å². The highest BCUT2D eigenvalue weighted by Gasteiger charge is 2.18. The first-order chi connectivity index (χ1) is 10.5. The van der Waals surface area contributed by atoms with Crippen molar-refractivity contribution >= 4 is 17.5 Å². The van der Waals surface area contributed by atoms with Crippen LogP contribution in [0.1, 0.15) is 22.0 Å². The number of halogens is 1. The smallest absolute Gasteiger partial charge is 0.257 e. The Morgan fingerprint density at radius 3 is 2.45 bits per heavy atom. The standard InChI is InChI=1S/C16H15FN2O3/c1-18-15(21)12-9-11(7-8-13(12)17)19-16(22)14(20)10-5-3-2-4-6-10/h2-9,14,20H,1H3,(H,18,21)(H,19,22). The van der Waals surface area contributed by atoms with Crippen LogP contribution in [0.3, 0.4) is 0 Å². The second-order valence-corrected chi connectivity index (χ2v) is 4.58. The maximum Gasteiger partial charge on any atom is 0.257 e. The van der Waals surface area contributed by atoms with Crippen molar-refractivity contribution in [1.29, 1.82) is 0 Å². The third-order valence-electron chi connectivity index (χ3n) is 3.07. The van der Waals surface area contributed by atoms with E-state index in [0.717, 1.165) is 6.07 Å². The normalized spacial score (nSPS) is 11.6. The molecule has 0 aliphatic heterocycles. The molecular formula is C16H15FN2O3. The highest BCUT2D eigenvalue weighted by molar-refractivity contribution is 5.98. The Morgan fingerprint density at radius 2 is 1.82 bits per heavy atom. The molecular weight excluding hydrogens is 287 g/mol. The van der Waals surface area contributed by atoms with Crippen molar-refractivity contribution in [2.75, 3.05) is 12.4 Å². The minimum Gasteiger partial charge on any atom is -0.378 e. The minimum absolute atomic E-state index is 0.186. The molecule has 0 aromatic heterocycles. The molecule has 22 heavy (non-hydrogen) atoms. The zero-order chi connectivity index (χ0) is 16.1. The van der Waals surface area contributed by atoms with E-state index in [1.165, 1.54) is 19.2 Å². The maximum absolute atomic E-state index is 13.5. The minimum atomic E-state index is -1.35. The zero-order valence-electron chi connectivity index (χ0n) is 11.8. The van der Waals surface area contributed by atoms with E-state index in [1.54, 1.807) is 30.3 Å². The van der Waals surface area contributed by atoms with Crippen LogP contribution in [0.5, 0.6) is 0 Å². The van der Waals surface area contributed by atoms with E-state index < -0.39 is 23.7 Å². The van der Waals surface area contributed by atoms with Crippen molar-refractivity contribution in [3.8, 4) is 0 Å². The number of hydrogen-bond donors (Lipinski definition) is 3. The van der Waals surface area contributed by atoms with Gasteiger partial charge in [-0.2, -0.15) is 0 Å². The number of benzene rings is 2. The molecule has 0 fully saturated rings. The van der Waals surface area contributed by atoms with E-state index in [1.807, 2.05) is 0 Å². The van der Waals surface area contributed by atoms with Gasteiger partial charge in [-0.25, -0.2) is 4.39 Å². The Labute approximate surface area is 126 Å². The Kier molecular flexibility index (Phi) is 4.85. The van der Waals surface area contributed by atoms with Crippen LogP contribution in [0.25, 0.3) is 0 Å². The first-order valence-corrected chi connectivity index (χ1v) is 6.58. The predicted octanol–water partition coefficient (Wildman–Crippen LogP) is 1.86. The van der Waals surface area contributed by atoms with Crippen LogP contribution < -0.4 is 10.6 Å². The molecule has 0 aliphatic carbocycles. The summed E-state index contributed by atoms with van der Waals surface area (Å²) >= 11 is 0. The molecule has 1 atom stereocenters. The number of anilines is 1. The van der Waals surface area contributed by atoms with Gasteiger partial charge in [0.1, 0.15) is 5.82 Å². The van der Waals surface area contributed by atoms with Crippen molar-refractivity contribution in [3.05, 3.63) is 65.5 Å². The lowest BCUT2D eigenvalue weighted by molar-refractivity contribution is -0.124. The summed E-state index contributed by atoms with van der Waals surface area (Å²) in [5.41, 5.74) is 0.475. The van der Waals surface area contributed by atoms with E-state index in [4.69, 9.17) is 0 Å². The molecule has 5 nitrogen and oxygen atoms in total. The maximum atomic E-state index is 13.5. The van der Waals surface area contributed by atoms with Crippen LogP contribution in [0.4, 0.5) is 10.1 Å². The quantitative estimate of drug-likeness (QED) is 0.806. The summed E-state index contributed by atoms with van der Waals surface area (Å²) in [6.45, 7) is 0. The molecule has 114 valence electrons. The summed E-state index contributed by atoms with van der Waals surface area (Å²) in [5.74, 6) is -1.96. The fourth-order valence-electron chi connectivity index (χ4n) is 1.91. The number of carbonyl (C=O) groups excluding carboxylic acids is 2. The number of aliphatic hydroxyl groups excluding tert-OH is 1. The van der Waals surface area contributed by atoms with Crippen LogP contribution >= 0.6 is 0 Å². The Hall–Kier alpha value is -2.73. The van der Waals surface area contributed by atoms with Crippen LogP contribution in [0, 0.1) is 5.82 Å². The molecule has 2 amide bonds. The summed E-state index contributed by atoms with van der Waals surface area (Å²) in [6, 6.07) is 12.0. The molecule has 0 saturated carbocycles. The van der Waals surface area contributed by atoms with Crippen molar-refractivity contribution in [2.24, 2.45) is 0 Å². The number of hydrogen-bond acceptors (Lipinski definition) is 3. The lowest BCUT2D eigenvalue weighted by Gasteiger charge is -2.12. The van der Waals surface area contributed by atoms with Crippen molar-refractivity contribution in [2.45, 2.75) is 6.10 Å². The van der Waals surface area contributed by atoms with E-state index in [9.17, 15) is 19.1 Å². The van der Waals surface area contributed by atoms with E-state index in [-0.39, 0.29) is 11.3 Å². The van der Waals surface area contributed by atoms with Crippen LogP contribution in [0.15, 0.2) is 48.5 Å². The van der Waals surface area contributed by atoms with Gasteiger partial charge in [0.25, 0.3) is 11.8 Å². The van der Waals surface area contributed by atoms with Crippen LogP contribution in [-0.2, 0) is 4.79 Å². The summed E-state index contributed by atoms with van der Waals surface area (Å²) in [7, 11) is 1.38. The first kappa shape index (κ1) is 15.7. The van der Waals surface area contributed by atoms with Gasteiger partial charge in [0.2, 0.25) is 0 Å². The van der Waals surface area contributed by atoms with Crippen molar-refractivity contribution in [3.63, 3.8) is 0 Å². The average molecular weight is 302 g/mol. The van der Waals surface area contributed by atoms with E-state index >= 15 is 0 Å². The Balaban J connectivity index is 2.17. The molecule has 1 unspecified atom stereocenters. The summed E-state index contributed by atoms with van der Waals surface area (Å²) in [5, 5.41) is 14.7. The van der Waals surface area contributed by atoms with Gasteiger partial charge in [0.05, 0.1) is 5.56 Å². The van der Waals surface area contributed by atoms with Gasteiger partial charge in [0.15, 0.2) is 6.10 Å². The number of nitrogens with one attached hydrogen (secondary N) is 2. The monoisotopic (exact) mass is 302 g/mol. The second kappa shape index (κ2) is 6.82. The topological polar surface area (TPSA) is 78.4 Å². The van der Waals surface area contributed by atoms with Gasteiger partial charge in [-0.3, -0.25) is 9.59 Å². The molecule has 0 heterocycles. The van der Waals surface area contributed by atoms with E-state index in [2.05, 4.69) is 10.6 Å². The molecule has 0 spiro atoms. The highest BCUT2D eigenvalue weighted by atomic mass is 19.1. The first-order valence-electron chi connectivity index (χ1n) is 6.58. The molecule has 0 radical (unpaired) electrons. The molecule has 6 heteroatoms. The molecule has 3 N–H and O–H groups in total. The fraction of sp³-hybridized carbons (Fsp3) is 0.125. The van der Waals surface area contributed by atoms with Crippen molar-refractivity contribution < 1.29 is 19.1 Å². The number of carbonyl (C=O) groups is 2. The summed E-state index contributed by atoms with van der Waals surface area (Å²) < 4.78 is 13.5. The highest BCUT2D eigenvalue weighted by Crippen LogP contribution is 2.18. The Bertz CT molecular complexity index is 689. The summed E-state index contributed by atoms with van der Waals surface area (Å²) in [4.78, 5) is 23.5. The summed E-state index contributed by atoms with van der Waals surface area (Å²) in [6.07, 6.45) is -1.35. The van der Waals surface area contributed by atoms with Gasteiger partial charge in [-0.15, -0.1) is 0 Å². The molecule has 2 rings (SSSR count). The van der Waals surface area contributed by atoms with Crippen LogP contribution in [-0.4, -0.2) is 24.0 Å². The Morgan fingerprint density at radius 1 is 1.14 bits per heavy atom. The lowest BCUT2D eigenvalue weighted by atomic mass is 10.1. The van der Waals surface area contributed by atoms with Gasteiger partial charge in [-0.1, -0.05) is 30.3 Å². The molecule has 2 aromatic rings. The lowest BCUT2D eigenvalue weighted by Crippen LogP contribution is -2.22. The van der Waals surface area contributed by atoms with Crippen LogP contribution in [0.2, 0.25) is 0 Å². The largest absolute Gasteiger partial charge is 0.378 e. The number of amides is 2. The van der Waals surface area contributed by atoms with Gasteiger partial charge in [0, 0.05) is 12.7 Å². The number of aliphatic hydroxyl groups is 1. The average Bonchev–Trinajstić information content (AvgIpc) is 2.55. The molecule has 0 bridgehead atoms. The molecule has 0 saturated heterocycles. The second-order valence-electron chi connectivity index (χ2n) is 4.58. The molecule has 2 aromatic carbocycles. The van der Waals surface area contributed by atoms with Gasteiger partial charge < -0.3 is 15.7 Å². The van der Waals surface area contributed by atoms with Crippen molar-refractivity contribution in [1.82, 2.24) is 5.32 Å².